The Bertz CT molecular complexity index is 81.0. The summed E-state index contributed by atoms with van der Waals surface area (Å²) in [7, 11) is -5.09. The van der Waals surface area contributed by atoms with Crippen molar-refractivity contribution in [2.45, 2.75) is 0 Å². The van der Waals surface area contributed by atoms with E-state index < -0.39 is 7.82 Å². The van der Waals surface area contributed by atoms with Gasteiger partial charge in [0.25, 0.3) is 0 Å². The molecule has 0 heterocycles. The molecule has 0 bridgehead atoms. The zero-order chi connectivity index (χ0) is 5.21. The van der Waals surface area contributed by atoms with Crippen molar-refractivity contribution in [2.75, 3.05) is 0 Å². The molecule has 0 rings (SSSR count). The molecule has 0 aliphatic heterocycles. The molecule has 0 aliphatic carbocycles. The van der Waals surface area contributed by atoms with E-state index >= 15 is 0 Å². The molecule has 0 atom stereocenters. The van der Waals surface area contributed by atoms with Crippen molar-refractivity contribution in [3.8, 4) is 0 Å². The predicted octanol–water partition coefficient (Wildman–Crippen LogP) is -1.70. The summed E-state index contributed by atoms with van der Waals surface area (Å²) in [5, 5.41) is 7.01. The minimum atomic E-state index is -5.09. The molecule has 0 saturated carbocycles. The second-order valence-corrected chi connectivity index (χ2v) is 1.59. The van der Waals surface area contributed by atoms with E-state index in [2.05, 4.69) is 4.67 Å². The van der Waals surface area contributed by atoms with E-state index in [0.717, 1.165) is 0 Å². The molecule has 9 heteroatoms. The molecule has 9 heavy (non-hydrogen) atoms. The first-order valence-corrected chi connectivity index (χ1v) is 2.37. The molecular formula is HCuLaO5PZn+5. The van der Waals surface area contributed by atoms with E-state index in [4.69, 9.17) is 19.6 Å². The molecule has 0 amide bonds. The van der Waals surface area contributed by atoms with Gasteiger partial charge in [0.2, 0.25) is 0 Å². The van der Waals surface area contributed by atoms with Crippen LogP contribution in [-0.2, 0) is 45.8 Å². The molecule has 0 saturated heterocycles. The van der Waals surface area contributed by atoms with Gasteiger partial charge in [0.15, 0.2) is 0 Å². The Labute approximate surface area is 103 Å². The van der Waals surface area contributed by atoms with Gasteiger partial charge in [-0.05, 0) is 0 Å². The summed E-state index contributed by atoms with van der Waals surface area (Å²) < 4.78 is 11.4. The van der Waals surface area contributed by atoms with Gasteiger partial charge in [0.05, 0.1) is 7.82 Å². The van der Waals surface area contributed by atoms with Crippen LogP contribution in [0.25, 0.3) is 0 Å². The van der Waals surface area contributed by atoms with Gasteiger partial charge in [-0.25, -0.2) is 9.93 Å². The third-order valence-corrected chi connectivity index (χ3v) is 0.300. The monoisotopic (exact) mass is 378 g/mol. The molecule has 0 aromatic heterocycles. The maximum Gasteiger partial charge on any atom is 3.00 e. The quantitative estimate of drug-likeness (QED) is 0.254. The first-order chi connectivity index (χ1) is 2.56. The summed E-state index contributed by atoms with van der Waals surface area (Å²) in [6, 6.07) is 0. The van der Waals surface area contributed by atoms with Crippen molar-refractivity contribution in [3.63, 3.8) is 0 Å². The van der Waals surface area contributed by atoms with Crippen LogP contribution in [0.1, 0.15) is 0 Å². The number of hydrogen-bond acceptors (Lipinski definition) is 5. The topological polar surface area (TPSA) is 92.7 Å². The summed E-state index contributed by atoms with van der Waals surface area (Å²) in [5.41, 5.74) is 0. The summed E-state index contributed by atoms with van der Waals surface area (Å²) in [6.07, 6.45) is 0. The molecule has 5 nitrogen and oxygen atoms in total. The molecule has 1 N–H and O–H groups in total. The third-order valence-electron chi connectivity index (χ3n) is 0.100. The van der Waals surface area contributed by atoms with E-state index in [1.54, 1.807) is 0 Å². The van der Waals surface area contributed by atoms with Gasteiger partial charge in [0, 0.05) is 0 Å². The van der Waals surface area contributed by atoms with E-state index in [9.17, 15) is 0 Å². The number of hydrogen-bond donors (Lipinski definition) is 1. The Balaban J connectivity index is -0.0000000417. The van der Waals surface area contributed by atoms with E-state index in [0.29, 0.717) is 0 Å². The van der Waals surface area contributed by atoms with Crippen LogP contribution < -0.4 is 9.79 Å². The average Bonchev–Trinajstić information content (AvgIpc) is 1.35. The molecule has 0 spiro atoms. The predicted molar refractivity (Wildman–Crippen MR) is 11.3 cm³/mol. The fourth-order valence-corrected chi connectivity index (χ4v) is 0. The minimum Gasteiger partial charge on any atom is -0.788 e. The maximum atomic E-state index is 9.00. The van der Waals surface area contributed by atoms with Gasteiger partial charge in [-0.15, -0.1) is 0 Å². The summed E-state index contributed by atoms with van der Waals surface area (Å²) in [4.78, 5) is 18.0. The fourth-order valence-electron chi connectivity index (χ4n) is 0. The maximum absolute atomic E-state index is 9.00. The van der Waals surface area contributed by atoms with Crippen molar-refractivity contribution >= 4 is 7.82 Å². The normalized spacial score (nSPS) is 7.89. The van der Waals surface area contributed by atoms with Gasteiger partial charge in [0.1, 0.15) is 0 Å². The SMILES string of the molecule is O=P([O-])([O-])OO.[Cu+2].[La+3].[Zn+2]. The van der Waals surface area contributed by atoms with E-state index in [-0.39, 0.29) is 72.1 Å². The van der Waals surface area contributed by atoms with Crippen LogP contribution in [0.5, 0.6) is 0 Å². The van der Waals surface area contributed by atoms with Crippen molar-refractivity contribution < 1.29 is 96.4 Å². The second-order valence-electron chi connectivity index (χ2n) is 0.529. The summed E-state index contributed by atoms with van der Waals surface area (Å²) >= 11 is 0. The Morgan fingerprint density at radius 3 is 1.56 bits per heavy atom. The smallest absolute Gasteiger partial charge is 0.788 e. The van der Waals surface area contributed by atoms with Crippen LogP contribution >= 0.6 is 7.82 Å². The molecule has 0 aromatic carbocycles. The average molecular weight is 380 g/mol. The van der Waals surface area contributed by atoms with Crippen LogP contribution in [0.15, 0.2) is 0 Å². The Kier molecular flexibility index (Phi) is 26.0. The molecular weight excluding hydrogens is 379 g/mol. The second kappa shape index (κ2) is 10.4. The molecule has 47 valence electrons. The van der Waals surface area contributed by atoms with Gasteiger partial charge < -0.3 is 14.4 Å². The summed E-state index contributed by atoms with van der Waals surface area (Å²) in [5.74, 6) is 0. The Morgan fingerprint density at radius 2 is 1.56 bits per heavy atom. The van der Waals surface area contributed by atoms with Crippen LogP contribution in [0.2, 0.25) is 0 Å². The van der Waals surface area contributed by atoms with Crippen molar-refractivity contribution in [1.82, 2.24) is 0 Å². The molecule has 0 fully saturated rings. The number of rotatable bonds is 1. The Hall–Kier alpha value is 2.41. The van der Waals surface area contributed by atoms with Crippen LogP contribution in [-0.4, -0.2) is 5.26 Å². The van der Waals surface area contributed by atoms with E-state index in [1.807, 2.05) is 0 Å². The Morgan fingerprint density at radius 1 is 1.44 bits per heavy atom. The van der Waals surface area contributed by atoms with Gasteiger partial charge in [-0.1, -0.05) is 0 Å². The van der Waals surface area contributed by atoms with Crippen LogP contribution in [0, 0.1) is 35.6 Å². The molecule has 0 unspecified atom stereocenters. The van der Waals surface area contributed by atoms with Crippen molar-refractivity contribution in [2.24, 2.45) is 0 Å². The van der Waals surface area contributed by atoms with Gasteiger partial charge >= 0.3 is 72.1 Å². The van der Waals surface area contributed by atoms with Crippen molar-refractivity contribution in [3.05, 3.63) is 0 Å². The van der Waals surface area contributed by atoms with Gasteiger partial charge in [-0.2, -0.15) is 0 Å². The van der Waals surface area contributed by atoms with Crippen LogP contribution in [0.4, 0.5) is 0 Å². The fraction of sp³-hybridized carbons (Fsp3) is 0. The first kappa shape index (κ1) is 22.5. The largest absolute Gasteiger partial charge is 3.00 e. The number of phosphoric acid groups is 1. The van der Waals surface area contributed by atoms with E-state index in [1.165, 1.54) is 0 Å². The van der Waals surface area contributed by atoms with Crippen molar-refractivity contribution in [1.29, 1.82) is 0 Å². The first-order valence-electron chi connectivity index (χ1n) is 0.913. The molecule has 0 aromatic rings. The van der Waals surface area contributed by atoms with Crippen LogP contribution in [0.3, 0.4) is 0 Å². The molecule has 1 radical (unpaired) electrons. The summed E-state index contributed by atoms with van der Waals surface area (Å²) in [6.45, 7) is 0. The molecule has 0 aliphatic rings. The zero-order valence-corrected chi connectivity index (χ0v) is 12.5. The minimum absolute atomic E-state index is 0. The standard InChI is InChI=1S/Cu.La.H3O5P.Zn/c;;1-5-6(2,3)4;/h;;1H,(H2,2,3,4);/q+2;+3;;+2/p-2. The third kappa shape index (κ3) is 25.2. The van der Waals surface area contributed by atoms with Gasteiger partial charge in [-0.3, -0.25) is 0 Å². The zero-order valence-electron chi connectivity index (χ0n) is 4.11.